The molecule has 112 valence electrons. The van der Waals surface area contributed by atoms with E-state index >= 15 is 0 Å². The number of nitrogens with one attached hydrogen (secondary N) is 1. The molecule has 0 radical (unpaired) electrons. The number of carbonyl (C=O) groups excluding carboxylic acids is 2. The molecule has 0 aliphatic carbocycles. The van der Waals surface area contributed by atoms with Gasteiger partial charge in [-0.2, -0.15) is 4.72 Å². The second-order valence-electron chi connectivity index (χ2n) is 3.49. The van der Waals surface area contributed by atoms with E-state index < -0.39 is 28.5 Å². The van der Waals surface area contributed by atoms with Crippen LogP contribution in [-0.4, -0.2) is 45.6 Å². The van der Waals surface area contributed by atoms with Gasteiger partial charge in [-0.15, -0.1) is 11.3 Å². The maximum Gasteiger partial charge on any atom is 0.359 e. The number of methoxy groups -OCH3 is 1. The lowest BCUT2D eigenvalue weighted by atomic mass is 10.5. The van der Waals surface area contributed by atoms with Crippen molar-refractivity contribution in [1.29, 1.82) is 0 Å². The van der Waals surface area contributed by atoms with Crippen LogP contribution < -0.4 is 4.72 Å². The Labute approximate surface area is 120 Å². The van der Waals surface area contributed by atoms with Crippen LogP contribution in [0.1, 0.15) is 22.4 Å². The average molecular weight is 322 g/mol. The summed E-state index contributed by atoms with van der Waals surface area (Å²) >= 11 is 0.820. The standard InChI is InChI=1S/C10H14N2O6S2/c1-4-18-9(14)8-10(19-6(2)12-8)20(15,16)11-5-7(13)17-3/h11H,4-5H2,1-3H3. The first-order chi connectivity index (χ1) is 9.31. The van der Waals surface area contributed by atoms with Gasteiger partial charge in [0.05, 0.1) is 18.7 Å². The number of aryl methyl sites for hydroxylation is 1. The lowest BCUT2D eigenvalue weighted by molar-refractivity contribution is -0.139. The fourth-order valence-corrected chi connectivity index (χ4v) is 3.64. The van der Waals surface area contributed by atoms with E-state index in [-0.39, 0.29) is 16.5 Å². The highest BCUT2D eigenvalue weighted by Gasteiger charge is 2.28. The number of rotatable bonds is 6. The predicted octanol–water partition coefficient (Wildman–Crippen LogP) is 0.0795. The largest absolute Gasteiger partial charge is 0.468 e. The van der Waals surface area contributed by atoms with Crippen LogP contribution in [0.5, 0.6) is 0 Å². The van der Waals surface area contributed by atoms with Crippen LogP contribution in [0.2, 0.25) is 0 Å². The molecule has 1 aromatic heterocycles. The van der Waals surface area contributed by atoms with Crippen molar-refractivity contribution in [2.75, 3.05) is 20.3 Å². The summed E-state index contributed by atoms with van der Waals surface area (Å²) in [6, 6.07) is 0. The molecule has 0 atom stereocenters. The topological polar surface area (TPSA) is 112 Å². The second-order valence-corrected chi connectivity index (χ2v) is 6.66. The van der Waals surface area contributed by atoms with Gasteiger partial charge in [0.25, 0.3) is 10.0 Å². The monoisotopic (exact) mass is 322 g/mol. The van der Waals surface area contributed by atoms with E-state index in [9.17, 15) is 18.0 Å². The lowest BCUT2D eigenvalue weighted by Gasteiger charge is -2.05. The van der Waals surface area contributed by atoms with Crippen LogP contribution >= 0.6 is 11.3 Å². The van der Waals surface area contributed by atoms with Crippen LogP contribution in [0.15, 0.2) is 4.21 Å². The molecule has 0 unspecified atom stereocenters. The quantitative estimate of drug-likeness (QED) is 0.738. The van der Waals surface area contributed by atoms with Crippen molar-refractivity contribution >= 4 is 33.3 Å². The maximum atomic E-state index is 12.0. The Morgan fingerprint density at radius 2 is 2.05 bits per heavy atom. The molecule has 0 aliphatic rings. The molecular weight excluding hydrogens is 308 g/mol. The van der Waals surface area contributed by atoms with Gasteiger partial charge in [-0.3, -0.25) is 4.79 Å². The maximum absolute atomic E-state index is 12.0. The number of carbonyl (C=O) groups is 2. The Kier molecular flexibility index (Phi) is 5.60. The van der Waals surface area contributed by atoms with Crippen molar-refractivity contribution < 1.29 is 27.5 Å². The number of hydrogen-bond donors (Lipinski definition) is 1. The number of thiazole rings is 1. The van der Waals surface area contributed by atoms with Gasteiger partial charge >= 0.3 is 11.9 Å². The fraction of sp³-hybridized carbons (Fsp3) is 0.500. The van der Waals surface area contributed by atoms with Gasteiger partial charge in [-0.25, -0.2) is 18.2 Å². The van der Waals surface area contributed by atoms with E-state index in [1.54, 1.807) is 13.8 Å². The Hall–Kier alpha value is -1.52. The fourth-order valence-electron chi connectivity index (χ4n) is 1.21. The summed E-state index contributed by atoms with van der Waals surface area (Å²) in [7, 11) is -2.90. The van der Waals surface area contributed by atoms with Gasteiger partial charge in [0.2, 0.25) is 0 Å². The van der Waals surface area contributed by atoms with Crippen molar-refractivity contribution in [1.82, 2.24) is 9.71 Å². The molecule has 1 heterocycles. The molecule has 0 spiro atoms. The van der Waals surface area contributed by atoms with Gasteiger partial charge in [0.1, 0.15) is 6.54 Å². The number of aromatic nitrogens is 1. The smallest absolute Gasteiger partial charge is 0.359 e. The van der Waals surface area contributed by atoms with E-state index in [1.807, 2.05) is 4.72 Å². The Morgan fingerprint density at radius 1 is 1.40 bits per heavy atom. The molecule has 0 saturated heterocycles. The molecular formula is C10H14N2O6S2. The first-order valence-electron chi connectivity index (χ1n) is 5.52. The third kappa shape index (κ3) is 3.99. The van der Waals surface area contributed by atoms with Crippen LogP contribution in [0.3, 0.4) is 0 Å². The van der Waals surface area contributed by atoms with Crippen LogP contribution in [0, 0.1) is 6.92 Å². The normalized spacial score (nSPS) is 11.2. The number of hydrogen-bond acceptors (Lipinski definition) is 8. The highest BCUT2D eigenvalue weighted by Crippen LogP contribution is 2.24. The summed E-state index contributed by atoms with van der Waals surface area (Å²) < 4.78 is 34.9. The van der Waals surface area contributed by atoms with E-state index in [0.717, 1.165) is 18.4 Å². The SMILES string of the molecule is CCOC(=O)c1nc(C)sc1S(=O)(=O)NCC(=O)OC. The molecule has 0 aliphatic heterocycles. The highest BCUT2D eigenvalue weighted by atomic mass is 32.2. The van der Waals surface area contributed by atoms with Crippen LogP contribution in [0.4, 0.5) is 0 Å². The Balaban J connectivity index is 3.06. The van der Waals surface area contributed by atoms with Crippen molar-refractivity contribution in [3.63, 3.8) is 0 Å². The van der Waals surface area contributed by atoms with Gasteiger partial charge in [0.15, 0.2) is 9.90 Å². The third-order valence-electron chi connectivity index (χ3n) is 2.05. The van der Waals surface area contributed by atoms with Gasteiger partial charge < -0.3 is 9.47 Å². The number of sulfonamides is 1. The molecule has 20 heavy (non-hydrogen) atoms. The molecule has 0 aromatic carbocycles. The molecule has 1 N–H and O–H groups in total. The second kappa shape index (κ2) is 6.77. The lowest BCUT2D eigenvalue weighted by Crippen LogP contribution is -2.30. The van der Waals surface area contributed by atoms with E-state index in [1.165, 1.54) is 0 Å². The Bertz CT molecular complexity index is 607. The molecule has 8 nitrogen and oxygen atoms in total. The molecule has 0 amide bonds. The summed E-state index contributed by atoms with van der Waals surface area (Å²) in [5, 5.41) is 0.395. The number of ether oxygens (including phenoxy) is 2. The molecule has 1 aromatic rings. The molecule has 1 rings (SSSR count). The van der Waals surface area contributed by atoms with Crippen LogP contribution in [0.25, 0.3) is 0 Å². The summed E-state index contributed by atoms with van der Waals surface area (Å²) in [6.07, 6.45) is 0. The third-order valence-corrected chi connectivity index (χ3v) is 4.93. The number of esters is 2. The molecule has 10 heteroatoms. The minimum atomic E-state index is -4.03. The molecule has 0 fully saturated rings. The van der Waals surface area contributed by atoms with Gasteiger partial charge in [-0.05, 0) is 13.8 Å². The van der Waals surface area contributed by atoms with E-state index in [4.69, 9.17) is 4.74 Å². The summed E-state index contributed by atoms with van der Waals surface area (Å²) in [5.74, 6) is -1.57. The van der Waals surface area contributed by atoms with Crippen molar-refractivity contribution in [2.45, 2.75) is 18.1 Å². The van der Waals surface area contributed by atoms with Crippen molar-refractivity contribution in [2.24, 2.45) is 0 Å². The van der Waals surface area contributed by atoms with E-state index in [2.05, 4.69) is 9.72 Å². The summed E-state index contributed by atoms with van der Waals surface area (Å²) in [5.41, 5.74) is -0.285. The van der Waals surface area contributed by atoms with Crippen LogP contribution in [-0.2, 0) is 24.3 Å². The Morgan fingerprint density at radius 3 is 2.60 bits per heavy atom. The minimum absolute atomic E-state index is 0.102. The average Bonchev–Trinajstić information content (AvgIpc) is 2.79. The first-order valence-corrected chi connectivity index (χ1v) is 7.82. The summed E-state index contributed by atoms with van der Waals surface area (Å²) in [6.45, 7) is 2.73. The zero-order valence-electron chi connectivity index (χ0n) is 11.1. The van der Waals surface area contributed by atoms with Gasteiger partial charge in [0, 0.05) is 0 Å². The summed E-state index contributed by atoms with van der Waals surface area (Å²) in [4.78, 5) is 26.5. The zero-order valence-corrected chi connectivity index (χ0v) is 12.8. The number of nitrogens with zero attached hydrogens (tertiary/aromatic N) is 1. The van der Waals surface area contributed by atoms with Crippen molar-refractivity contribution in [3.05, 3.63) is 10.7 Å². The predicted molar refractivity (Wildman–Crippen MR) is 70.0 cm³/mol. The minimum Gasteiger partial charge on any atom is -0.468 e. The molecule has 0 bridgehead atoms. The first kappa shape index (κ1) is 16.5. The zero-order chi connectivity index (χ0) is 15.3. The van der Waals surface area contributed by atoms with Gasteiger partial charge in [-0.1, -0.05) is 0 Å². The molecule has 0 saturated carbocycles. The van der Waals surface area contributed by atoms with E-state index in [0.29, 0.717) is 5.01 Å². The van der Waals surface area contributed by atoms with Crippen molar-refractivity contribution in [3.8, 4) is 0 Å². The highest BCUT2D eigenvalue weighted by molar-refractivity contribution is 7.91.